The molecule has 23 heavy (non-hydrogen) atoms. The summed E-state index contributed by atoms with van der Waals surface area (Å²) < 4.78 is 1.25. The summed E-state index contributed by atoms with van der Waals surface area (Å²) in [5.41, 5.74) is 2.40. The maximum Gasteiger partial charge on any atom is 0.134 e. The van der Waals surface area contributed by atoms with Crippen molar-refractivity contribution in [3.63, 3.8) is 0 Å². The van der Waals surface area contributed by atoms with Gasteiger partial charge in [0.15, 0.2) is 0 Å². The molecule has 0 aliphatic carbocycles. The van der Waals surface area contributed by atoms with Crippen molar-refractivity contribution in [2.45, 2.75) is 4.90 Å². The van der Waals surface area contributed by atoms with Gasteiger partial charge in [-0.25, -0.2) is 4.98 Å². The SMILES string of the molecule is c1ccc2c(c1)SCN2c1ccc(-c2nc3ccccc3s2)s1. The highest BCUT2D eigenvalue weighted by Gasteiger charge is 2.22. The number of aromatic nitrogens is 1. The minimum absolute atomic E-state index is 0.985. The van der Waals surface area contributed by atoms with Crippen molar-refractivity contribution in [3.8, 4) is 9.88 Å². The molecule has 0 spiro atoms. The number of nitrogens with zero attached hydrogens (tertiary/aromatic N) is 2. The summed E-state index contributed by atoms with van der Waals surface area (Å²) in [4.78, 5) is 9.77. The van der Waals surface area contributed by atoms with Crippen LogP contribution in [0, 0.1) is 0 Å². The van der Waals surface area contributed by atoms with Crippen LogP contribution in [0.5, 0.6) is 0 Å². The summed E-state index contributed by atoms with van der Waals surface area (Å²) >= 11 is 5.49. The Bertz CT molecular complexity index is 969. The number of hydrogen-bond donors (Lipinski definition) is 0. The van der Waals surface area contributed by atoms with Gasteiger partial charge < -0.3 is 4.90 Å². The van der Waals surface area contributed by atoms with Crippen LogP contribution in [0.4, 0.5) is 10.7 Å². The molecule has 0 bridgehead atoms. The number of hydrogen-bond acceptors (Lipinski definition) is 5. The quantitative estimate of drug-likeness (QED) is 0.426. The Morgan fingerprint density at radius 2 is 1.74 bits per heavy atom. The average molecular weight is 353 g/mol. The van der Waals surface area contributed by atoms with Gasteiger partial charge in [0.05, 0.1) is 31.7 Å². The normalized spacial score (nSPS) is 13.7. The van der Waals surface area contributed by atoms with Gasteiger partial charge in [0.25, 0.3) is 0 Å². The van der Waals surface area contributed by atoms with E-state index in [1.165, 1.54) is 25.2 Å². The first-order valence-corrected chi connectivity index (χ1v) is 9.95. The number of para-hydroxylation sites is 2. The number of rotatable bonds is 2. The minimum atomic E-state index is 0.985. The van der Waals surface area contributed by atoms with E-state index in [0.29, 0.717) is 0 Å². The van der Waals surface area contributed by atoms with Gasteiger partial charge in [0.2, 0.25) is 0 Å². The van der Waals surface area contributed by atoms with Crippen LogP contribution in [-0.4, -0.2) is 10.9 Å². The van der Waals surface area contributed by atoms with Crippen molar-refractivity contribution < 1.29 is 0 Å². The third-order valence-electron chi connectivity index (χ3n) is 3.87. The van der Waals surface area contributed by atoms with Gasteiger partial charge in [-0.05, 0) is 36.4 Å². The van der Waals surface area contributed by atoms with Crippen molar-refractivity contribution in [3.05, 3.63) is 60.7 Å². The molecule has 0 saturated carbocycles. The van der Waals surface area contributed by atoms with E-state index in [-0.39, 0.29) is 0 Å². The average Bonchev–Trinajstić information content (AvgIpc) is 3.31. The molecular weight excluding hydrogens is 340 g/mol. The molecule has 2 nitrogen and oxygen atoms in total. The van der Waals surface area contributed by atoms with Crippen LogP contribution in [0.1, 0.15) is 0 Å². The lowest BCUT2D eigenvalue weighted by Crippen LogP contribution is -2.09. The van der Waals surface area contributed by atoms with Crippen molar-refractivity contribution in [1.29, 1.82) is 0 Å². The second kappa shape index (κ2) is 5.37. The number of fused-ring (bicyclic) bond motifs is 2. The van der Waals surface area contributed by atoms with Gasteiger partial charge in [-0.3, -0.25) is 0 Å². The van der Waals surface area contributed by atoms with Crippen molar-refractivity contribution in [2.24, 2.45) is 0 Å². The van der Waals surface area contributed by atoms with Crippen molar-refractivity contribution >= 4 is 55.3 Å². The molecule has 2 aromatic heterocycles. The fourth-order valence-electron chi connectivity index (χ4n) is 2.75. The van der Waals surface area contributed by atoms with E-state index in [1.807, 2.05) is 29.2 Å². The highest BCUT2D eigenvalue weighted by atomic mass is 32.2. The van der Waals surface area contributed by atoms with E-state index in [1.54, 1.807) is 11.3 Å². The Balaban J connectivity index is 1.54. The predicted molar refractivity (Wildman–Crippen MR) is 102 cm³/mol. The molecule has 2 aromatic carbocycles. The van der Waals surface area contributed by atoms with E-state index in [9.17, 15) is 0 Å². The van der Waals surface area contributed by atoms with Gasteiger partial charge in [0.1, 0.15) is 5.01 Å². The van der Waals surface area contributed by atoms with E-state index >= 15 is 0 Å². The van der Waals surface area contributed by atoms with Gasteiger partial charge in [-0.1, -0.05) is 24.3 Å². The molecule has 112 valence electrons. The molecule has 0 fully saturated rings. The van der Waals surface area contributed by atoms with Crippen LogP contribution in [0.3, 0.4) is 0 Å². The maximum atomic E-state index is 4.77. The number of anilines is 2. The zero-order valence-electron chi connectivity index (χ0n) is 12.1. The fraction of sp³-hybridized carbons (Fsp3) is 0.0556. The Kier molecular flexibility index (Phi) is 3.18. The summed E-state index contributed by atoms with van der Waals surface area (Å²) in [6.45, 7) is 0. The van der Waals surface area contributed by atoms with Crippen LogP contribution in [0.2, 0.25) is 0 Å². The van der Waals surface area contributed by atoms with E-state index in [2.05, 4.69) is 59.5 Å². The third-order valence-corrected chi connectivity index (χ3v) is 7.23. The van der Waals surface area contributed by atoms with Gasteiger partial charge in [-0.2, -0.15) is 0 Å². The second-order valence-corrected chi connectivity index (χ2v) is 8.37. The third kappa shape index (κ3) is 2.27. The van der Waals surface area contributed by atoms with Crippen LogP contribution in [0.25, 0.3) is 20.1 Å². The summed E-state index contributed by atoms with van der Waals surface area (Å²) in [5.74, 6) is 0.985. The van der Waals surface area contributed by atoms with Crippen LogP contribution < -0.4 is 4.90 Å². The van der Waals surface area contributed by atoms with Crippen LogP contribution in [0.15, 0.2) is 65.6 Å². The molecule has 3 heterocycles. The smallest absolute Gasteiger partial charge is 0.134 e. The Labute approximate surface area is 146 Å². The van der Waals surface area contributed by atoms with Gasteiger partial charge in [0, 0.05) is 4.90 Å². The Morgan fingerprint density at radius 1 is 0.870 bits per heavy atom. The zero-order chi connectivity index (χ0) is 15.2. The zero-order valence-corrected chi connectivity index (χ0v) is 14.5. The Hall–Kier alpha value is -1.82. The van der Waals surface area contributed by atoms with Crippen LogP contribution >= 0.6 is 34.4 Å². The lowest BCUT2D eigenvalue weighted by Gasteiger charge is -2.15. The lowest BCUT2D eigenvalue weighted by atomic mass is 10.3. The summed E-state index contributed by atoms with van der Waals surface area (Å²) in [5, 5.41) is 2.40. The fourth-order valence-corrected chi connectivity index (χ4v) is 5.92. The molecule has 1 aliphatic heterocycles. The molecule has 0 saturated heterocycles. The molecule has 0 N–H and O–H groups in total. The maximum absolute atomic E-state index is 4.77. The molecule has 0 radical (unpaired) electrons. The van der Waals surface area contributed by atoms with E-state index in [4.69, 9.17) is 4.98 Å². The molecular formula is C18H12N2S3. The minimum Gasteiger partial charge on any atom is -0.322 e. The van der Waals surface area contributed by atoms with Crippen LogP contribution in [-0.2, 0) is 0 Å². The first-order valence-electron chi connectivity index (χ1n) is 7.34. The number of thiophene rings is 1. The molecule has 1 aliphatic rings. The van der Waals surface area contributed by atoms with Gasteiger partial charge >= 0.3 is 0 Å². The van der Waals surface area contributed by atoms with Crippen molar-refractivity contribution in [1.82, 2.24) is 4.98 Å². The molecule has 5 heteroatoms. The molecule has 5 rings (SSSR count). The summed E-state index contributed by atoms with van der Waals surface area (Å²) in [7, 11) is 0. The standard InChI is InChI=1S/C18H12N2S3/c1-3-7-14-12(5-1)19-18(23-14)16-9-10-17(22-16)20-11-21-15-8-4-2-6-13(15)20/h1-10H,11H2. The predicted octanol–water partition coefficient (Wildman–Crippen LogP) is 6.23. The van der Waals surface area contributed by atoms with E-state index in [0.717, 1.165) is 16.4 Å². The highest BCUT2D eigenvalue weighted by molar-refractivity contribution is 8.00. The highest BCUT2D eigenvalue weighted by Crippen LogP contribution is 2.46. The second-order valence-electron chi connectivity index (χ2n) is 5.29. The first-order chi connectivity index (χ1) is 11.4. The van der Waals surface area contributed by atoms with E-state index < -0.39 is 0 Å². The molecule has 0 unspecified atom stereocenters. The van der Waals surface area contributed by atoms with Gasteiger partial charge in [-0.15, -0.1) is 34.4 Å². The Morgan fingerprint density at radius 3 is 2.70 bits per heavy atom. The number of thiazole rings is 1. The topological polar surface area (TPSA) is 16.1 Å². The summed E-state index contributed by atoms with van der Waals surface area (Å²) in [6.07, 6.45) is 0. The molecule has 0 atom stereocenters. The largest absolute Gasteiger partial charge is 0.322 e. The van der Waals surface area contributed by atoms with Crippen molar-refractivity contribution in [2.75, 3.05) is 10.8 Å². The lowest BCUT2D eigenvalue weighted by molar-refractivity contribution is 1.20. The molecule has 0 amide bonds. The summed E-state index contributed by atoms with van der Waals surface area (Å²) in [6, 6.07) is 21.4. The molecule has 4 aromatic rings. The number of benzene rings is 2. The monoisotopic (exact) mass is 352 g/mol. The number of thioether (sulfide) groups is 1. The first kappa shape index (κ1) is 13.6.